The minimum Gasteiger partial charge on any atom is -0.339 e. The molecular weight excluding hydrogens is 424 g/mol. The zero-order valence-corrected chi connectivity index (χ0v) is 18.5. The van der Waals surface area contributed by atoms with Crippen LogP contribution in [0.1, 0.15) is 47.4 Å². The summed E-state index contributed by atoms with van der Waals surface area (Å²) in [6.07, 6.45) is 1.12. The SMILES string of the molecule is CC(C)NS(=O)(=O)c1ccc(Cl)c(C(=O)N2CCC(C(=O)c3ccccc3)CC2)c1. The molecule has 6 nitrogen and oxygen atoms in total. The summed E-state index contributed by atoms with van der Waals surface area (Å²) in [5.74, 6) is -0.366. The van der Waals surface area contributed by atoms with Crippen molar-refractivity contribution in [1.82, 2.24) is 9.62 Å². The fourth-order valence-corrected chi connectivity index (χ4v) is 5.04. The largest absolute Gasteiger partial charge is 0.339 e. The van der Waals surface area contributed by atoms with Crippen LogP contribution in [0.5, 0.6) is 0 Å². The minimum absolute atomic E-state index is 0.00177. The summed E-state index contributed by atoms with van der Waals surface area (Å²) in [6, 6.07) is 13.0. The number of nitrogens with one attached hydrogen (secondary N) is 1. The molecule has 0 aromatic heterocycles. The zero-order valence-electron chi connectivity index (χ0n) is 17.0. The Hall–Kier alpha value is -2.22. The Kier molecular flexibility index (Phi) is 6.95. The molecule has 1 amide bonds. The second kappa shape index (κ2) is 9.29. The molecule has 1 aliphatic heterocycles. The van der Waals surface area contributed by atoms with Crippen LogP contribution in [0.25, 0.3) is 0 Å². The first kappa shape index (κ1) is 22.5. The van der Waals surface area contributed by atoms with E-state index in [0.717, 1.165) is 0 Å². The number of nitrogens with zero attached hydrogens (tertiary/aromatic N) is 1. The van der Waals surface area contributed by atoms with Crippen molar-refractivity contribution in [3.8, 4) is 0 Å². The molecule has 1 saturated heterocycles. The molecule has 0 unspecified atom stereocenters. The van der Waals surface area contributed by atoms with Gasteiger partial charge >= 0.3 is 0 Å². The van der Waals surface area contributed by atoms with Gasteiger partial charge in [0.2, 0.25) is 10.0 Å². The Morgan fingerprint density at radius 3 is 2.30 bits per heavy atom. The molecule has 0 aliphatic carbocycles. The van der Waals surface area contributed by atoms with Gasteiger partial charge in [-0.3, -0.25) is 9.59 Å². The first-order chi connectivity index (χ1) is 14.2. The lowest BCUT2D eigenvalue weighted by Gasteiger charge is -2.31. The van der Waals surface area contributed by atoms with E-state index >= 15 is 0 Å². The summed E-state index contributed by atoms with van der Waals surface area (Å²) in [7, 11) is -3.74. The van der Waals surface area contributed by atoms with Crippen LogP contribution >= 0.6 is 11.6 Å². The van der Waals surface area contributed by atoms with E-state index in [0.29, 0.717) is 31.5 Å². The van der Waals surface area contributed by atoms with E-state index in [9.17, 15) is 18.0 Å². The topological polar surface area (TPSA) is 83.6 Å². The van der Waals surface area contributed by atoms with Gasteiger partial charge in [0, 0.05) is 30.6 Å². The van der Waals surface area contributed by atoms with Gasteiger partial charge in [-0.2, -0.15) is 0 Å². The number of hydrogen-bond donors (Lipinski definition) is 1. The Morgan fingerprint density at radius 1 is 1.07 bits per heavy atom. The van der Waals surface area contributed by atoms with E-state index in [1.165, 1.54) is 18.2 Å². The van der Waals surface area contributed by atoms with E-state index in [1.807, 2.05) is 18.2 Å². The van der Waals surface area contributed by atoms with Crippen molar-refractivity contribution in [3.63, 3.8) is 0 Å². The van der Waals surface area contributed by atoms with Crippen LogP contribution in [0.15, 0.2) is 53.4 Å². The number of piperidine rings is 1. The highest BCUT2D eigenvalue weighted by atomic mass is 35.5. The smallest absolute Gasteiger partial charge is 0.255 e. The average molecular weight is 449 g/mol. The lowest BCUT2D eigenvalue weighted by molar-refractivity contribution is 0.0650. The van der Waals surface area contributed by atoms with Gasteiger partial charge in [-0.15, -0.1) is 0 Å². The van der Waals surface area contributed by atoms with Gasteiger partial charge in [0.05, 0.1) is 15.5 Å². The van der Waals surface area contributed by atoms with Gasteiger partial charge in [0.25, 0.3) is 5.91 Å². The Morgan fingerprint density at radius 2 is 1.70 bits per heavy atom. The normalized spacial score (nSPS) is 15.4. The molecule has 0 spiro atoms. The lowest BCUT2D eigenvalue weighted by atomic mass is 9.88. The summed E-state index contributed by atoms with van der Waals surface area (Å²) in [6.45, 7) is 4.28. The number of hydrogen-bond acceptors (Lipinski definition) is 4. The molecule has 1 heterocycles. The third-order valence-electron chi connectivity index (χ3n) is 5.08. The van der Waals surface area contributed by atoms with Gasteiger partial charge in [0.1, 0.15) is 0 Å². The molecule has 0 radical (unpaired) electrons. The number of amides is 1. The van der Waals surface area contributed by atoms with Crippen molar-refractivity contribution in [2.75, 3.05) is 13.1 Å². The highest BCUT2D eigenvalue weighted by Crippen LogP contribution is 2.26. The van der Waals surface area contributed by atoms with Gasteiger partial charge in [0.15, 0.2) is 5.78 Å². The Labute approximate surface area is 182 Å². The highest BCUT2D eigenvalue weighted by Gasteiger charge is 2.29. The minimum atomic E-state index is -3.74. The number of carbonyl (C=O) groups excluding carboxylic acids is 2. The maximum atomic E-state index is 13.0. The molecule has 30 heavy (non-hydrogen) atoms. The molecule has 0 saturated carbocycles. The van der Waals surface area contributed by atoms with Crippen molar-refractivity contribution in [2.24, 2.45) is 5.92 Å². The molecule has 3 rings (SSSR count). The molecule has 1 fully saturated rings. The van der Waals surface area contributed by atoms with Crippen LogP contribution in [-0.2, 0) is 10.0 Å². The summed E-state index contributed by atoms with van der Waals surface area (Å²) in [4.78, 5) is 27.3. The molecule has 160 valence electrons. The standard InChI is InChI=1S/C22H25ClN2O4S/c1-15(2)24-30(28,29)18-8-9-20(23)19(14-18)22(27)25-12-10-17(11-13-25)21(26)16-6-4-3-5-7-16/h3-9,14-15,17,24H,10-13H2,1-2H3. The zero-order chi connectivity index (χ0) is 21.9. The van der Waals surface area contributed by atoms with Crippen molar-refractivity contribution < 1.29 is 18.0 Å². The van der Waals surface area contributed by atoms with Gasteiger partial charge in [-0.05, 0) is 44.9 Å². The molecule has 1 aliphatic rings. The molecule has 8 heteroatoms. The number of likely N-dealkylation sites (tertiary alicyclic amines) is 1. The predicted molar refractivity (Wildman–Crippen MR) is 116 cm³/mol. The first-order valence-electron chi connectivity index (χ1n) is 9.89. The second-order valence-electron chi connectivity index (χ2n) is 7.71. The fourth-order valence-electron chi connectivity index (χ4n) is 3.57. The van der Waals surface area contributed by atoms with Crippen LogP contribution in [0.4, 0.5) is 0 Å². The van der Waals surface area contributed by atoms with Crippen LogP contribution in [-0.4, -0.2) is 44.1 Å². The quantitative estimate of drug-likeness (QED) is 0.682. The van der Waals surface area contributed by atoms with E-state index in [-0.39, 0.29) is 39.1 Å². The Balaban J connectivity index is 1.72. The molecule has 0 bridgehead atoms. The van der Waals surface area contributed by atoms with E-state index in [1.54, 1.807) is 30.9 Å². The van der Waals surface area contributed by atoms with Crippen LogP contribution in [0.3, 0.4) is 0 Å². The summed E-state index contributed by atoms with van der Waals surface area (Å²) in [5.41, 5.74) is 0.831. The second-order valence-corrected chi connectivity index (χ2v) is 9.84. The van der Waals surface area contributed by atoms with Crippen molar-refractivity contribution in [3.05, 3.63) is 64.7 Å². The maximum absolute atomic E-state index is 13.0. The van der Waals surface area contributed by atoms with Crippen molar-refractivity contribution in [1.29, 1.82) is 0 Å². The van der Waals surface area contributed by atoms with Crippen LogP contribution in [0, 0.1) is 5.92 Å². The van der Waals surface area contributed by atoms with E-state index < -0.39 is 10.0 Å². The number of Topliss-reactive ketones (excluding diaryl/α,β-unsaturated/α-hetero) is 1. The maximum Gasteiger partial charge on any atom is 0.255 e. The number of benzene rings is 2. The summed E-state index contributed by atoms with van der Waals surface area (Å²) >= 11 is 6.21. The third kappa shape index (κ3) is 5.09. The monoisotopic (exact) mass is 448 g/mol. The Bertz CT molecular complexity index is 1030. The fraction of sp³-hybridized carbons (Fsp3) is 0.364. The molecule has 2 aromatic rings. The summed E-state index contributed by atoms with van der Waals surface area (Å²) in [5, 5.41) is 0.200. The van der Waals surface area contributed by atoms with Gasteiger partial charge in [-0.25, -0.2) is 13.1 Å². The molecular formula is C22H25ClN2O4S. The molecule has 2 aromatic carbocycles. The van der Waals surface area contributed by atoms with Gasteiger partial charge < -0.3 is 4.90 Å². The van der Waals surface area contributed by atoms with E-state index in [2.05, 4.69) is 4.72 Å². The van der Waals surface area contributed by atoms with Crippen molar-refractivity contribution in [2.45, 2.75) is 37.6 Å². The first-order valence-corrected chi connectivity index (χ1v) is 11.8. The number of halogens is 1. The highest BCUT2D eigenvalue weighted by molar-refractivity contribution is 7.89. The van der Waals surface area contributed by atoms with Crippen LogP contribution in [0.2, 0.25) is 5.02 Å². The number of sulfonamides is 1. The molecule has 0 atom stereocenters. The number of rotatable bonds is 6. The summed E-state index contributed by atoms with van der Waals surface area (Å²) < 4.78 is 27.4. The van der Waals surface area contributed by atoms with Gasteiger partial charge in [-0.1, -0.05) is 41.9 Å². The average Bonchev–Trinajstić information content (AvgIpc) is 2.73. The van der Waals surface area contributed by atoms with Crippen molar-refractivity contribution >= 4 is 33.3 Å². The van der Waals surface area contributed by atoms with E-state index in [4.69, 9.17) is 11.6 Å². The molecule has 1 N–H and O–H groups in total. The third-order valence-corrected chi connectivity index (χ3v) is 7.07. The number of ketones is 1. The number of carbonyl (C=O) groups is 2. The predicted octanol–water partition coefficient (Wildman–Crippen LogP) is 3.76. The lowest BCUT2D eigenvalue weighted by Crippen LogP contribution is -2.40. The van der Waals surface area contributed by atoms with Crippen LogP contribution < -0.4 is 4.72 Å².